The average molecular weight is 207 g/mol. The molecule has 1 aliphatic heterocycles. The van der Waals surface area contributed by atoms with Crippen molar-refractivity contribution >= 4 is 7.85 Å². The van der Waals surface area contributed by atoms with Crippen molar-refractivity contribution in [1.82, 2.24) is 4.90 Å². The van der Waals surface area contributed by atoms with Crippen molar-refractivity contribution in [2.24, 2.45) is 5.92 Å². The lowest BCUT2D eigenvalue weighted by Crippen LogP contribution is -2.49. The van der Waals surface area contributed by atoms with Gasteiger partial charge in [0.1, 0.15) is 7.85 Å². The third kappa shape index (κ3) is 4.39. The topological polar surface area (TPSA) is 12.5 Å². The highest BCUT2D eigenvalue weighted by Gasteiger charge is 2.26. The molecule has 0 N–H and O–H groups in total. The molecule has 0 bridgehead atoms. The third-order valence-corrected chi connectivity index (χ3v) is 2.73. The molecule has 2 unspecified atom stereocenters. The first kappa shape index (κ1) is 12.8. The SMILES string of the molecule is [B]C1CN(CC=C(C)C)CC(C(C)C)O1. The van der Waals surface area contributed by atoms with Crippen molar-refractivity contribution in [1.29, 1.82) is 0 Å². The average Bonchev–Trinajstić information content (AvgIpc) is 2.13. The minimum Gasteiger partial charge on any atom is -0.382 e. The van der Waals surface area contributed by atoms with Crippen LogP contribution in [0.3, 0.4) is 0 Å². The molecule has 1 heterocycles. The summed E-state index contributed by atoms with van der Waals surface area (Å²) >= 11 is 0. The first-order valence-corrected chi connectivity index (χ1v) is 5.75. The van der Waals surface area contributed by atoms with Gasteiger partial charge in [0.05, 0.1) is 6.10 Å². The quantitative estimate of drug-likeness (QED) is 0.516. The van der Waals surface area contributed by atoms with Crippen molar-refractivity contribution in [2.75, 3.05) is 19.6 Å². The van der Waals surface area contributed by atoms with Gasteiger partial charge in [0.25, 0.3) is 0 Å². The van der Waals surface area contributed by atoms with Gasteiger partial charge in [-0.15, -0.1) is 0 Å². The van der Waals surface area contributed by atoms with E-state index in [1.54, 1.807) is 0 Å². The van der Waals surface area contributed by atoms with Gasteiger partial charge in [0.15, 0.2) is 0 Å². The Hall–Kier alpha value is -0.275. The summed E-state index contributed by atoms with van der Waals surface area (Å²) in [4.78, 5) is 2.37. The Morgan fingerprint density at radius 1 is 1.47 bits per heavy atom. The van der Waals surface area contributed by atoms with Crippen molar-refractivity contribution < 1.29 is 4.74 Å². The van der Waals surface area contributed by atoms with E-state index in [9.17, 15) is 0 Å². The molecule has 2 radical (unpaired) electrons. The van der Waals surface area contributed by atoms with E-state index in [2.05, 4.69) is 38.7 Å². The molecule has 2 nitrogen and oxygen atoms in total. The minimum atomic E-state index is -0.128. The highest BCUT2D eigenvalue weighted by Crippen LogP contribution is 2.16. The number of ether oxygens (including phenoxy) is 1. The highest BCUT2D eigenvalue weighted by atomic mass is 16.5. The van der Waals surface area contributed by atoms with Gasteiger partial charge in [-0.05, 0) is 19.8 Å². The van der Waals surface area contributed by atoms with Crippen LogP contribution in [0.1, 0.15) is 27.7 Å². The molecular formula is C12H22BNO. The van der Waals surface area contributed by atoms with Crippen LogP contribution in [-0.4, -0.2) is 44.5 Å². The molecule has 1 rings (SSSR count). The van der Waals surface area contributed by atoms with Crippen LogP contribution in [0.25, 0.3) is 0 Å². The fourth-order valence-corrected chi connectivity index (χ4v) is 1.72. The summed E-state index contributed by atoms with van der Waals surface area (Å²) in [5.74, 6) is 0.533. The number of hydrogen-bond donors (Lipinski definition) is 0. The van der Waals surface area contributed by atoms with Crippen molar-refractivity contribution in [3.05, 3.63) is 11.6 Å². The third-order valence-electron chi connectivity index (χ3n) is 2.73. The fraction of sp³-hybridized carbons (Fsp3) is 0.833. The molecule has 0 spiro atoms. The summed E-state index contributed by atoms with van der Waals surface area (Å²) in [6.07, 6.45) is 2.52. The van der Waals surface area contributed by atoms with E-state index in [-0.39, 0.29) is 12.1 Å². The van der Waals surface area contributed by atoms with Gasteiger partial charge < -0.3 is 4.74 Å². The summed E-state index contributed by atoms with van der Waals surface area (Å²) in [7, 11) is 5.88. The van der Waals surface area contributed by atoms with Gasteiger partial charge >= 0.3 is 0 Å². The molecule has 84 valence electrons. The molecule has 1 saturated heterocycles. The molecule has 15 heavy (non-hydrogen) atoms. The predicted molar refractivity (Wildman–Crippen MR) is 65.1 cm³/mol. The number of hydrogen-bond acceptors (Lipinski definition) is 2. The van der Waals surface area contributed by atoms with E-state index in [0.717, 1.165) is 19.6 Å². The second kappa shape index (κ2) is 5.71. The molecule has 1 aliphatic rings. The molecule has 0 aliphatic carbocycles. The smallest absolute Gasteiger partial charge is 0.110 e. The molecular weight excluding hydrogens is 185 g/mol. The Morgan fingerprint density at radius 2 is 2.13 bits per heavy atom. The fourth-order valence-electron chi connectivity index (χ4n) is 1.72. The summed E-state index contributed by atoms with van der Waals surface area (Å²) < 4.78 is 5.70. The number of morpholine rings is 1. The lowest BCUT2D eigenvalue weighted by atomic mass is 9.95. The Kier molecular flexibility index (Phi) is 4.87. The van der Waals surface area contributed by atoms with E-state index >= 15 is 0 Å². The second-order valence-corrected chi connectivity index (χ2v) is 4.96. The normalized spacial score (nSPS) is 28.1. The minimum absolute atomic E-state index is 0.128. The Balaban J connectivity index is 2.48. The Bertz CT molecular complexity index is 224. The summed E-state index contributed by atoms with van der Waals surface area (Å²) in [5, 5.41) is 0. The molecule has 3 heteroatoms. The van der Waals surface area contributed by atoms with Crippen LogP contribution in [-0.2, 0) is 4.74 Å². The number of allylic oxidation sites excluding steroid dienone is 1. The molecule has 0 aromatic carbocycles. The van der Waals surface area contributed by atoms with Crippen molar-refractivity contribution in [3.8, 4) is 0 Å². The van der Waals surface area contributed by atoms with E-state index < -0.39 is 0 Å². The first-order valence-electron chi connectivity index (χ1n) is 5.75. The van der Waals surface area contributed by atoms with Crippen molar-refractivity contribution in [3.63, 3.8) is 0 Å². The predicted octanol–water partition coefficient (Wildman–Crippen LogP) is 1.80. The molecule has 0 aromatic rings. The first-order chi connectivity index (χ1) is 6.99. The molecule has 0 aromatic heterocycles. The lowest BCUT2D eigenvalue weighted by molar-refractivity contribution is -0.0668. The molecule has 1 fully saturated rings. The highest BCUT2D eigenvalue weighted by molar-refractivity contribution is 6.11. The van der Waals surface area contributed by atoms with Crippen LogP contribution in [0.4, 0.5) is 0 Å². The van der Waals surface area contributed by atoms with E-state index in [4.69, 9.17) is 12.6 Å². The standard InChI is InChI=1S/C12H22BNO/c1-9(2)5-6-14-7-11(10(3)4)15-12(13)8-14/h5,10-12H,6-8H2,1-4H3. The van der Waals surface area contributed by atoms with Crippen LogP contribution >= 0.6 is 0 Å². The van der Waals surface area contributed by atoms with Gasteiger partial charge in [-0.2, -0.15) is 0 Å². The van der Waals surface area contributed by atoms with Crippen LogP contribution in [0.2, 0.25) is 0 Å². The van der Waals surface area contributed by atoms with E-state index in [1.807, 2.05) is 0 Å². The number of rotatable bonds is 3. The zero-order valence-electron chi connectivity index (χ0n) is 10.4. The summed E-state index contributed by atoms with van der Waals surface area (Å²) in [6, 6.07) is -0.128. The van der Waals surface area contributed by atoms with Crippen LogP contribution in [0.15, 0.2) is 11.6 Å². The molecule has 2 atom stereocenters. The summed E-state index contributed by atoms with van der Waals surface area (Å²) in [5.41, 5.74) is 1.36. The Labute approximate surface area is 95.1 Å². The zero-order valence-corrected chi connectivity index (χ0v) is 10.4. The maximum absolute atomic E-state index is 5.88. The monoisotopic (exact) mass is 207 g/mol. The zero-order chi connectivity index (χ0) is 11.4. The van der Waals surface area contributed by atoms with Gasteiger partial charge in [-0.3, -0.25) is 4.90 Å². The molecule has 0 amide bonds. The van der Waals surface area contributed by atoms with Crippen LogP contribution < -0.4 is 0 Å². The summed E-state index contributed by atoms with van der Waals surface area (Å²) in [6.45, 7) is 11.4. The van der Waals surface area contributed by atoms with E-state index in [0.29, 0.717) is 5.92 Å². The van der Waals surface area contributed by atoms with Crippen LogP contribution in [0.5, 0.6) is 0 Å². The van der Waals surface area contributed by atoms with E-state index in [1.165, 1.54) is 5.57 Å². The molecule has 0 saturated carbocycles. The van der Waals surface area contributed by atoms with Gasteiger partial charge in [-0.25, -0.2) is 0 Å². The van der Waals surface area contributed by atoms with Gasteiger partial charge in [0, 0.05) is 25.6 Å². The van der Waals surface area contributed by atoms with Gasteiger partial charge in [0.2, 0.25) is 0 Å². The maximum Gasteiger partial charge on any atom is 0.110 e. The second-order valence-electron chi connectivity index (χ2n) is 4.96. The largest absolute Gasteiger partial charge is 0.382 e. The van der Waals surface area contributed by atoms with Gasteiger partial charge in [-0.1, -0.05) is 25.5 Å². The van der Waals surface area contributed by atoms with Crippen LogP contribution in [0, 0.1) is 5.92 Å². The lowest BCUT2D eigenvalue weighted by Gasteiger charge is -2.38. The Morgan fingerprint density at radius 3 is 2.67 bits per heavy atom. The number of nitrogens with zero attached hydrogens (tertiary/aromatic N) is 1. The maximum atomic E-state index is 5.88. The van der Waals surface area contributed by atoms with Crippen molar-refractivity contribution in [2.45, 2.75) is 39.8 Å².